The molecule has 0 radical (unpaired) electrons. The van der Waals surface area contributed by atoms with E-state index < -0.39 is 11.8 Å². The maximum Gasteiger partial charge on any atom is 0.248 e. The van der Waals surface area contributed by atoms with Gasteiger partial charge in [-0.05, 0) is 39.5 Å². The fourth-order valence-electron chi connectivity index (χ4n) is 2.87. The molecule has 0 nitrogen and oxygen atoms in total. The molecule has 0 heterocycles. The molecule has 0 N–H and O–H groups in total. The predicted octanol–water partition coefficient (Wildman–Crippen LogP) is 6.09. The Hall–Kier alpha value is 0.01000. The van der Waals surface area contributed by atoms with Gasteiger partial charge < -0.3 is 0 Å². The van der Waals surface area contributed by atoms with E-state index >= 15 is 0 Å². The minimum atomic E-state index is -2.42. The van der Waals surface area contributed by atoms with Crippen LogP contribution in [0.3, 0.4) is 0 Å². The highest BCUT2D eigenvalue weighted by atomic mass is 35.5. The van der Waals surface area contributed by atoms with E-state index in [0.29, 0.717) is 0 Å². The highest BCUT2D eigenvalue weighted by Crippen LogP contribution is 2.37. The first-order valence-electron chi connectivity index (χ1n) is 6.97. The van der Waals surface area contributed by atoms with Crippen molar-refractivity contribution in [1.29, 1.82) is 0 Å². The first kappa shape index (κ1) is 19.0. The largest absolute Gasteiger partial charge is 0.248 e. The van der Waals surface area contributed by atoms with Gasteiger partial charge in [0.05, 0.1) is 0 Å². The van der Waals surface area contributed by atoms with Gasteiger partial charge in [0.1, 0.15) is 0 Å². The molecular weight excluding hydrogens is 280 g/mol. The van der Waals surface area contributed by atoms with Crippen molar-refractivity contribution < 1.29 is 17.6 Å². The van der Waals surface area contributed by atoms with Gasteiger partial charge in [-0.2, -0.15) is 0 Å². The van der Waals surface area contributed by atoms with Crippen LogP contribution in [0, 0.1) is 11.8 Å². The monoisotopic (exact) mass is 304 g/mol. The summed E-state index contributed by atoms with van der Waals surface area (Å²) in [5.74, 6) is -5.48. The molecule has 2 saturated carbocycles. The summed E-state index contributed by atoms with van der Waals surface area (Å²) in [6.07, 6.45) is 6.88. The molecule has 2 aliphatic rings. The normalized spacial score (nSPS) is 21.8. The van der Waals surface area contributed by atoms with Gasteiger partial charge in [-0.15, -0.1) is 12.4 Å². The second kappa shape index (κ2) is 7.70. The fraction of sp³-hybridized carbons (Fsp3) is 1.00. The molecule has 0 atom stereocenters. The van der Waals surface area contributed by atoms with E-state index in [1.807, 2.05) is 0 Å². The summed E-state index contributed by atoms with van der Waals surface area (Å²) < 4.78 is 49.7. The topological polar surface area (TPSA) is 0 Å². The summed E-state index contributed by atoms with van der Waals surface area (Å²) in [5.41, 5.74) is 0. The van der Waals surface area contributed by atoms with Gasteiger partial charge in [-0.1, -0.05) is 25.7 Å². The number of halogens is 5. The van der Waals surface area contributed by atoms with Crippen molar-refractivity contribution in [2.75, 3.05) is 0 Å². The van der Waals surface area contributed by atoms with Crippen molar-refractivity contribution in [2.24, 2.45) is 11.8 Å². The smallest absolute Gasteiger partial charge is 0.207 e. The van der Waals surface area contributed by atoms with Gasteiger partial charge in [-0.3, -0.25) is 0 Å². The molecule has 0 spiro atoms. The molecule has 0 bridgehead atoms. The zero-order valence-electron chi connectivity index (χ0n) is 11.7. The van der Waals surface area contributed by atoms with Gasteiger partial charge in [0.2, 0.25) is 11.8 Å². The Labute approximate surface area is 119 Å². The Balaban J connectivity index is 0.000000324. The second-order valence-corrected chi connectivity index (χ2v) is 5.88. The Morgan fingerprint density at radius 2 is 0.842 bits per heavy atom. The number of hydrogen-bond donors (Lipinski definition) is 0. The molecule has 0 aromatic heterocycles. The van der Waals surface area contributed by atoms with Crippen molar-refractivity contribution >= 4 is 12.4 Å². The summed E-state index contributed by atoms with van der Waals surface area (Å²) in [7, 11) is 0. The second-order valence-electron chi connectivity index (χ2n) is 5.88. The molecule has 19 heavy (non-hydrogen) atoms. The molecule has 0 amide bonds. The van der Waals surface area contributed by atoms with E-state index in [2.05, 4.69) is 0 Å². The minimum Gasteiger partial charge on any atom is -0.207 e. The van der Waals surface area contributed by atoms with Gasteiger partial charge in [0, 0.05) is 11.8 Å². The zero-order chi connectivity index (χ0) is 13.8. The molecule has 0 saturated heterocycles. The van der Waals surface area contributed by atoms with E-state index in [1.165, 1.54) is 0 Å². The summed E-state index contributed by atoms with van der Waals surface area (Å²) >= 11 is 0. The number of alkyl halides is 4. The van der Waals surface area contributed by atoms with Crippen LogP contribution < -0.4 is 0 Å². The van der Waals surface area contributed by atoms with Crippen LogP contribution >= 0.6 is 12.4 Å². The quantitative estimate of drug-likeness (QED) is 0.542. The van der Waals surface area contributed by atoms with Crippen LogP contribution in [0.25, 0.3) is 0 Å². The van der Waals surface area contributed by atoms with Crippen molar-refractivity contribution in [3.63, 3.8) is 0 Å². The molecule has 2 fully saturated rings. The predicted molar refractivity (Wildman–Crippen MR) is 72.4 cm³/mol. The standard InChI is InChI=1S/2C7H12F2.ClH/c2*1-7(8,9)6-4-2-3-5-6;/h2*6H,2-5H2,1H3;1H. The molecule has 2 rings (SSSR count). The van der Waals surface area contributed by atoms with Crippen LogP contribution in [0.4, 0.5) is 17.6 Å². The fourth-order valence-corrected chi connectivity index (χ4v) is 2.87. The van der Waals surface area contributed by atoms with Gasteiger partial charge >= 0.3 is 0 Å². The van der Waals surface area contributed by atoms with Crippen LogP contribution in [0.1, 0.15) is 65.2 Å². The van der Waals surface area contributed by atoms with Crippen molar-refractivity contribution in [3.8, 4) is 0 Å². The van der Waals surface area contributed by atoms with E-state index in [1.54, 1.807) is 0 Å². The average Bonchev–Trinajstić information content (AvgIpc) is 2.91. The van der Waals surface area contributed by atoms with Crippen molar-refractivity contribution in [3.05, 3.63) is 0 Å². The summed E-state index contributed by atoms with van der Waals surface area (Å²) in [6, 6.07) is 0. The van der Waals surface area contributed by atoms with E-state index in [-0.39, 0.29) is 24.2 Å². The third-order valence-electron chi connectivity index (χ3n) is 4.14. The number of rotatable bonds is 2. The van der Waals surface area contributed by atoms with Crippen LogP contribution in [0.5, 0.6) is 0 Å². The van der Waals surface area contributed by atoms with E-state index in [9.17, 15) is 17.6 Å². The lowest BCUT2D eigenvalue weighted by atomic mass is 10.0. The molecule has 5 heteroatoms. The molecule has 0 aliphatic heterocycles. The van der Waals surface area contributed by atoms with Crippen molar-refractivity contribution in [1.82, 2.24) is 0 Å². The highest BCUT2D eigenvalue weighted by Gasteiger charge is 2.36. The van der Waals surface area contributed by atoms with Crippen LogP contribution in [-0.2, 0) is 0 Å². The van der Waals surface area contributed by atoms with Crippen LogP contribution in [0.2, 0.25) is 0 Å². The SMILES string of the molecule is CC(F)(F)C1CCCC1.CC(F)(F)C1CCCC1.Cl. The molecule has 0 aromatic carbocycles. The zero-order valence-corrected chi connectivity index (χ0v) is 12.5. The third-order valence-corrected chi connectivity index (χ3v) is 4.14. The first-order valence-corrected chi connectivity index (χ1v) is 6.97. The Morgan fingerprint density at radius 1 is 0.632 bits per heavy atom. The average molecular weight is 305 g/mol. The molecule has 0 aromatic rings. The van der Waals surface area contributed by atoms with Gasteiger partial charge in [-0.25, -0.2) is 17.6 Å². The lowest BCUT2D eigenvalue weighted by Gasteiger charge is -2.16. The Morgan fingerprint density at radius 3 is 0.947 bits per heavy atom. The van der Waals surface area contributed by atoms with Crippen molar-refractivity contribution in [2.45, 2.75) is 77.1 Å². The van der Waals surface area contributed by atoms with E-state index in [4.69, 9.17) is 0 Å². The Kier molecular flexibility index (Phi) is 7.71. The van der Waals surface area contributed by atoms with Gasteiger partial charge in [0.25, 0.3) is 0 Å². The first-order chi connectivity index (χ1) is 8.21. The molecule has 0 unspecified atom stereocenters. The summed E-state index contributed by atoms with van der Waals surface area (Å²) in [4.78, 5) is 0. The third kappa shape index (κ3) is 6.82. The number of hydrogen-bond acceptors (Lipinski definition) is 0. The lowest BCUT2D eigenvalue weighted by molar-refractivity contribution is -0.0372. The Bertz CT molecular complexity index is 207. The maximum atomic E-state index is 12.4. The van der Waals surface area contributed by atoms with E-state index in [0.717, 1.165) is 65.2 Å². The van der Waals surface area contributed by atoms with Gasteiger partial charge in [0.15, 0.2) is 0 Å². The molecule has 2 aliphatic carbocycles. The summed E-state index contributed by atoms with van der Waals surface area (Å²) in [6.45, 7) is 2.06. The maximum absolute atomic E-state index is 12.4. The molecule has 116 valence electrons. The highest BCUT2D eigenvalue weighted by molar-refractivity contribution is 5.85. The summed E-state index contributed by atoms with van der Waals surface area (Å²) in [5, 5.41) is 0. The molecular formula is C14H25ClF4. The minimum absolute atomic E-state index is 0. The van der Waals surface area contributed by atoms with Crippen LogP contribution in [0.15, 0.2) is 0 Å². The van der Waals surface area contributed by atoms with Crippen LogP contribution in [-0.4, -0.2) is 11.8 Å². The lowest BCUT2D eigenvalue weighted by Crippen LogP contribution is -2.20.